The minimum absolute atomic E-state index is 0.908. The van der Waals surface area contributed by atoms with Crippen LogP contribution in [-0.4, -0.2) is 43.1 Å². The Bertz CT molecular complexity index is 1040. The van der Waals surface area contributed by atoms with Gasteiger partial charge in [-0.3, -0.25) is 0 Å². The van der Waals surface area contributed by atoms with Gasteiger partial charge in [0.1, 0.15) is 11.1 Å². The molecule has 1 fully saturated rings. The van der Waals surface area contributed by atoms with Crippen molar-refractivity contribution in [2.75, 3.05) is 38.1 Å². The van der Waals surface area contributed by atoms with Gasteiger partial charge in [-0.25, -0.2) is 4.98 Å². The molecule has 2 aromatic carbocycles. The fraction of sp³-hybridized carbons (Fsp3) is 0.250. The number of likely N-dealkylation sites (N-methyl/N-ethyl adjacent to an activating group) is 1. The van der Waals surface area contributed by atoms with E-state index >= 15 is 0 Å². The number of aromatic nitrogens is 1. The van der Waals surface area contributed by atoms with E-state index in [9.17, 15) is 0 Å². The van der Waals surface area contributed by atoms with E-state index in [2.05, 4.69) is 47.2 Å². The highest BCUT2D eigenvalue weighted by Gasteiger charge is 2.23. The van der Waals surface area contributed by atoms with Crippen molar-refractivity contribution in [3.63, 3.8) is 0 Å². The fourth-order valence-electron chi connectivity index (χ4n) is 3.66. The number of nitrogens with zero attached hydrogens (tertiary/aromatic N) is 3. The average Bonchev–Trinajstić information content (AvgIpc) is 2.99. The second-order valence-electron chi connectivity index (χ2n) is 6.54. The third-order valence-corrected chi connectivity index (χ3v) is 5.00. The van der Waals surface area contributed by atoms with Gasteiger partial charge in [-0.1, -0.05) is 30.3 Å². The lowest BCUT2D eigenvalue weighted by Gasteiger charge is -2.34. The van der Waals surface area contributed by atoms with Crippen molar-refractivity contribution < 1.29 is 4.42 Å². The molecule has 4 heteroatoms. The summed E-state index contributed by atoms with van der Waals surface area (Å²) in [6, 6.07) is 16.6. The van der Waals surface area contributed by atoms with E-state index in [4.69, 9.17) is 9.40 Å². The van der Waals surface area contributed by atoms with Crippen LogP contribution in [0.3, 0.4) is 0 Å². The van der Waals surface area contributed by atoms with E-state index in [-0.39, 0.29) is 0 Å². The van der Waals surface area contributed by atoms with Crippen molar-refractivity contribution in [3.05, 3.63) is 48.5 Å². The van der Waals surface area contributed by atoms with Crippen LogP contribution in [0.25, 0.3) is 33.0 Å². The summed E-state index contributed by atoms with van der Waals surface area (Å²) >= 11 is 0. The number of pyridine rings is 1. The molecular formula is C20H19N3O. The largest absolute Gasteiger partial charge is 0.452 e. The zero-order chi connectivity index (χ0) is 16.1. The van der Waals surface area contributed by atoms with E-state index in [0.717, 1.165) is 53.8 Å². The standard InChI is InChI=1S/C20H19N3O/c1-22-10-12-23(13-11-22)19-14-6-2-4-8-16(14)21-18-15-7-3-5-9-17(15)24-20(18)19/h2-9H,10-13H2,1H3. The summed E-state index contributed by atoms with van der Waals surface area (Å²) in [5, 5.41) is 2.27. The van der Waals surface area contributed by atoms with E-state index in [1.165, 1.54) is 11.1 Å². The minimum atomic E-state index is 0.908. The first-order valence-corrected chi connectivity index (χ1v) is 8.45. The van der Waals surface area contributed by atoms with Gasteiger partial charge in [-0.05, 0) is 25.2 Å². The zero-order valence-electron chi connectivity index (χ0n) is 13.7. The van der Waals surface area contributed by atoms with Crippen molar-refractivity contribution in [2.24, 2.45) is 0 Å². The Balaban J connectivity index is 1.86. The Morgan fingerprint density at radius 2 is 1.58 bits per heavy atom. The number of anilines is 1. The Hall–Kier alpha value is -2.59. The van der Waals surface area contributed by atoms with Crippen LogP contribution in [0.1, 0.15) is 0 Å². The minimum Gasteiger partial charge on any atom is -0.452 e. The molecule has 0 unspecified atom stereocenters. The van der Waals surface area contributed by atoms with Crippen LogP contribution in [-0.2, 0) is 0 Å². The van der Waals surface area contributed by atoms with Crippen molar-refractivity contribution in [1.82, 2.24) is 9.88 Å². The number of rotatable bonds is 1. The van der Waals surface area contributed by atoms with Crippen molar-refractivity contribution in [1.29, 1.82) is 0 Å². The first kappa shape index (κ1) is 13.8. The molecule has 1 aliphatic heterocycles. The number of furan rings is 1. The van der Waals surface area contributed by atoms with Gasteiger partial charge in [-0.15, -0.1) is 0 Å². The lowest BCUT2D eigenvalue weighted by Crippen LogP contribution is -2.44. The second kappa shape index (κ2) is 5.21. The Morgan fingerprint density at radius 3 is 2.42 bits per heavy atom. The summed E-state index contributed by atoms with van der Waals surface area (Å²) in [6.07, 6.45) is 0. The first-order chi connectivity index (χ1) is 11.8. The molecule has 3 heterocycles. The highest BCUT2D eigenvalue weighted by atomic mass is 16.3. The quantitative estimate of drug-likeness (QED) is 0.533. The fourth-order valence-corrected chi connectivity index (χ4v) is 3.66. The van der Waals surface area contributed by atoms with Gasteiger partial charge in [0.25, 0.3) is 0 Å². The topological polar surface area (TPSA) is 32.5 Å². The number of hydrogen-bond donors (Lipinski definition) is 0. The lowest BCUT2D eigenvalue weighted by molar-refractivity contribution is 0.313. The molecule has 0 radical (unpaired) electrons. The Labute approximate surface area is 140 Å². The zero-order valence-corrected chi connectivity index (χ0v) is 13.7. The van der Waals surface area contributed by atoms with Crippen molar-refractivity contribution >= 4 is 38.7 Å². The summed E-state index contributed by atoms with van der Waals surface area (Å²) in [4.78, 5) is 9.73. The van der Waals surface area contributed by atoms with E-state index in [1.54, 1.807) is 0 Å². The van der Waals surface area contributed by atoms with Crippen molar-refractivity contribution in [3.8, 4) is 0 Å². The maximum Gasteiger partial charge on any atom is 0.177 e. The molecule has 4 aromatic rings. The molecule has 0 N–H and O–H groups in total. The molecule has 2 aromatic heterocycles. The van der Waals surface area contributed by atoms with Gasteiger partial charge >= 0.3 is 0 Å². The Kier molecular flexibility index (Phi) is 3.00. The van der Waals surface area contributed by atoms with Crippen LogP contribution in [0, 0.1) is 0 Å². The summed E-state index contributed by atoms with van der Waals surface area (Å²) in [5.41, 5.74) is 5.02. The molecule has 0 aliphatic carbocycles. The molecule has 0 atom stereocenters. The molecule has 1 saturated heterocycles. The summed E-state index contributed by atoms with van der Waals surface area (Å²) in [6.45, 7) is 4.16. The molecule has 0 saturated carbocycles. The number of piperazine rings is 1. The normalized spacial score (nSPS) is 16.5. The SMILES string of the molecule is CN1CCN(c2c3ccccc3nc3c2oc2ccccc23)CC1. The highest BCUT2D eigenvalue weighted by molar-refractivity contribution is 6.14. The average molecular weight is 317 g/mol. The molecule has 1 aliphatic rings. The number of para-hydroxylation sites is 2. The third-order valence-electron chi connectivity index (χ3n) is 5.00. The molecular weight excluding hydrogens is 298 g/mol. The van der Waals surface area contributed by atoms with Crippen molar-refractivity contribution in [2.45, 2.75) is 0 Å². The van der Waals surface area contributed by atoms with Gasteiger partial charge in [0.2, 0.25) is 0 Å². The van der Waals surface area contributed by atoms with E-state index in [1.807, 2.05) is 18.2 Å². The van der Waals surface area contributed by atoms with Gasteiger partial charge < -0.3 is 14.2 Å². The van der Waals surface area contributed by atoms with Crippen LogP contribution in [0.2, 0.25) is 0 Å². The van der Waals surface area contributed by atoms with E-state index < -0.39 is 0 Å². The van der Waals surface area contributed by atoms with E-state index in [0.29, 0.717) is 0 Å². The van der Waals surface area contributed by atoms with Gasteiger partial charge in [0.15, 0.2) is 5.58 Å². The highest BCUT2D eigenvalue weighted by Crippen LogP contribution is 2.39. The van der Waals surface area contributed by atoms with Crippen LogP contribution in [0.5, 0.6) is 0 Å². The molecule has 0 bridgehead atoms. The molecule has 5 rings (SSSR count). The molecule has 0 spiro atoms. The number of hydrogen-bond acceptors (Lipinski definition) is 4. The Morgan fingerprint density at radius 1 is 0.875 bits per heavy atom. The van der Waals surface area contributed by atoms with Crippen LogP contribution < -0.4 is 4.90 Å². The second-order valence-corrected chi connectivity index (χ2v) is 6.54. The molecule has 24 heavy (non-hydrogen) atoms. The van der Waals surface area contributed by atoms with Gasteiger partial charge in [0, 0.05) is 37.0 Å². The predicted octanol–water partition coefficient (Wildman–Crippen LogP) is 3.89. The molecule has 0 amide bonds. The monoisotopic (exact) mass is 317 g/mol. The number of benzene rings is 2. The number of fused-ring (bicyclic) bond motifs is 4. The summed E-state index contributed by atoms with van der Waals surface area (Å²) in [5.74, 6) is 0. The van der Waals surface area contributed by atoms with Crippen LogP contribution >= 0.6 is 0 Å². The molecule has 4 nitrogen and oxygen atoms in total. The maximum absolute atomic E-state index is 6.25. The maximum atomic E-state index is 6.25. The van der Waals surface area contributed by atoms with Crippen LogP contribution in [0.15, 0.2) is 52.9 Å². The van der Waals surface area contributed by atoms with Gasteiger partial charge in [-0.2, -0.15) is 0 Å². The van der Waals surface area contributed by atoms with Gasteiger partial charge in [0.05, 0.1) is 11.2 Å². The third kappa shape index (κ3) is 2.00. The first-order valence-electron chi connectivity index (χ1n) is 8.45. The smallest absolute Gasteiger partial charge is 0.177 e. The van der Waals surface area contributed by atoms with Crippen LogP contribution in [0.4, 0.5) is 5.69 Å². The molecule has 120 valence electrons. The summed E-state index contributed by atoms with van der Waals surface area (Å²) in [7, 11) is 2.18. The lowest BCUT2D eigenvalue weighted by atomic mass is 10.1. The summed E-state index contributed by atoms with van der Waals surface area (Å²) < 4.78 is 6.25. The predicted molar refractivity (Wildman–Crippen MR) is 98.7 cm³/mol.